The molecule has 176 valence electrons. The zero-order valence-corrected chi connectivity index (χ0v) is 18.5. The van der Waals surface area contributed by atoms with Gasteiger partial charge in [0.2, 0.25) is 0 Å². The van der Waals surface area contributed by atoms with Gasteiger partial charge in [0, 0.05) is 11.3 Å². The Morgan fingerprint density at radius 2 is 1.81 bits per heavy atom. The number of nitrogens with one attached hydrogen (secondary N) is 1. The van der Waals surface area contributed by atoms with E-state index in [9.17, 15) is 27.2 Å². The van der Waals surface area contributed by atoms with Crippen molar-refractivity contribution < 1.29 is 41.4 Å². The number of benzene rings is 1. The predicted molar refractivity (Wildman–Crippen MR) is 108 cm³/mol. The fraction of sp³-hybridized carbons (Fsp3) is 0.429. The lowest BCUT2D eigenvalue weighted by Crippen LogP contribution is -2.35. The summed E-state index contributed by atoms with van der Waals surface area (Å²) in [4.78, 5) is 25.5. The first-order valence-electron chi connectivity index (χ1n) is 9.49. The van der Waals surface area contributed by atoms with Gasteiger partial charge in [0.25, 0.3) is 0 Å². The summed E-state index contributed by atoms with van der Waals surface area (Å²) in [6.45, 7) is 1.84. The van der Waals surface area contributed by atoms with E-state index in [1.807, 2.05) is 0 Å². The zero-order valence-electron chi connectivity index (χ0n) is 17.8. The minimum Gasteiger partial charge on any atom is -0.496 e. The smallest absolute Gasteiger partial charge is 0.418 e. The van der Waals surface area contributed by atoms with Gasteiger partial charge in [-0.2, -0.15) is 13.2 Å². The van der Waals surface area contributed by atoms with Crippen LogP contribution in [0.25, 0.3) is 0 Å². The van der Waals surface area contributed by atoms with Crippen molar-refractivity contribution in [2.75, 3.05) is 27.5 Å². The lowest BCUT2D eigenvalue weighted by atomic mass is 9.78. The Labute approximate surface area is 187 Å². The molecule has 0 radical (unpaired) electrons. The van der Waals surface area contributed by atoms with Gasteiger partial charge in [0.1, 0.15) is 12.4 Å². The highest BCUT2D eigenvalue weighted by Gasteiger charge is 2.46. The topological polar surface area (TPSA) is 73.9 Å². The number of carbonyl (C=O) groups excluding carboxylic acids is 2. The second kappa shape index (κ2) is 10.2. The average molecular weight is 480 g/mol. The molecule has 1 aliphatic rings. The highest BCUT2D eigenvalue weighted by atomic mass is 35.5. The van der Waals surface area contributed by atoms with Crippen LogP contribution in [0.2, 0.25) is 5.02 Å². The van der Waals surface area contributed by atoms with Crippen LogP contribution in [-0.4, -0.2) is 39.4 Å². The number of carbonyl (C=O) groups is 2. The summed E-state index contributed by atoms with van der Waals surface area (Å²) >= 11 is 5.91. The maximum absolute atomic E-state index is 14.1. The maximum Gasteiger partial charge on any atom is 0.418 e. The second-order valence-electron chi connectivity index (χ2n) is 6.79. The number of halogens is 5. The third-order valence-electron chi connectivity index (χ3n) is 4.79. The fourth-order valence-corrected chi connectivity index (χ4v) is 3.78. The van der Waals surface area contributed by atoms with E-state index >= 15 is 0 Å². The highest BCUT2D eigenvalue weighted by Crippen LogP contribution is 2.50. The molecule has 1 atom stereocenters. The molecule has 2 rings (SSSR count). The van der Waals surface area contributed by atoms with Gasteiger partial charge in [-0.25, -0.2) is 14.0 Å². The van der Waals surface area contributed by atoms with Gasteiger partial charge in [0.05, 0.1) is 54.2 Å². The lowest BCUT2D eigenvalue weighted by molar-refractivity contribution is -0.141. The van der Waals surface area contributed by atoms with E-state index in [-0.39, 0.29) is 29.3 Å². The van der Waals surface area contributed by atoms with Crippen molar-refractivity contribution in [2.24, 2.45) is 0 Å². The first-order chi connectivity index (χ1) is 15.0. The molecule has 1 aromatic rings. The van der Waals surface area contributed by atoms with Gasteiger partial charge in [-0.1, -0.05) is 18.5 Å². The zero-order chi connectivity index (χ0) is 24.2. The minimum atomic E-state index is -4.99. The first kappa shape index (κ1) is 25.5. The summed E-state index contributed by atoms with van der Waals surface area (Å²) in [6, 6.07) is 2.15. The van der Waals surface area contributed by atoms with Gasteiger partial charge in [-0.3, -0.25) is 0 Å². The van der Waals surface area contributed by atoms with E-state index in [1.165, 1.54) is 13.0 Å². The van der Waals surface area contributed by atoms with Crippen LogP contribution in [0.5, 0.6) is 5.75 Å². The molecule has 11 heteroatoms. The molecule has 0 saturated heterocycles. The molecule has 0 bridgehead atoms. The Hall–Kier alpha value is -2.75. The average Bonchev–Trinajstić information content (AvgIpc) is 2.74. The van der Waals surface area contributed by atoms with E-state index in [0.717, 1.165) is 20.3 Å². The molecule has 6 nitrogen and oxygen atoms in total. The molecule has 1 N–H and O–H groups in total. The molecule has 0 fully saturated rings. The minimum absolute atomic E-state index is 0.0195. The molecule has 0 amide bonds. The van der Waals surface area contributed by atoms with Gasteiger partial charge in [-0.15, -0.1) is 0 Å². The number of dihydropyridines is 1. The Bertz CT molecular complexity index is 972. The number of methoxy groups -OCH3 is 2. The van der Waals surface area contributed by atoms with Crippen molar-refractivity contribution in [3.05, 3.63) is 50.8 Å². The summed E-state index contributed by atoms with van der Waals surface area (Å²) in [5.41, 5.74) is -3.10. The predicted octanol–water partition coefficient (Wildman–Crippen LogP) is 4.68. The van der Waals surface area contributed by atoms with E-state index in [1.54, 1.807) is 6.92 Å². The molecule has 1 aromatic carbocycles. The van der Waals surface area contributed by atoms with E-state index < -0.39 is 52.4 Å². The first-order valence-corrected chi connectivity index (χ1v) is 9.86. The molecule has 0 saturated carbocycles. The maximum atomic E-state index is 14.1. The van der Waals surface area contributed by atoms with Crippen molar-refractivity contribution >= 4 is 23.5 Å². The van der Waals surface area contributed by atoms with Crippen molar-refractivity contribution in [3.63, 3.8) is 0 Å². The van der Waals surface area contributed by atoms with Crippen LogP contribution in [0.4, 0.5) is 17.6 Å². The van der Waals surface area contributed by atoms with Gasteiger partial charge in [0.15, 0.2) is 0 Å². The van der Waals surface area contributed by atoms with Crippen LogP contribution in [0.15, 0.2) is 34.7 Å². The fourth-order valence-electron chi connectivity index (χ4n) is 3.51. The number of allylic oxidation sites excluding steroid dienone is 2. The van der Waals surface area contributed by atoms with Crippen LogP contribution in [0, 0.1) is 0 Å². The third kappa shape index (κ3) is 4.85. The van der Waals surface area contributed by atoms with E-state index in [2.05, 4.69) is 5.32 Å². The molecule has 0 spiro atoms. The van der Waals surface area contributed by atoms with E-state index in [0.29, 0.717) is 6.42 Å². The molecular weight excluding hydrogens is 458 g/mol. The molecule has 32 heavy (non-hydrogen) atoms. The molecule has 1 unspecified atom stereocenters. The Kier molecular flexibility index (Phi) is 8.17. The highest BCUT2D eigenvalue weighted by molar-refractivity contribution is 6.31. The van der Waals surface area contributed by atoms with Gasteiger partial charge >= 0.3 is 18.1 Å². The van der Waals surface area contributed by atoms with Crippen LogP contribution in [-0.2, 0) is 25.2 Å². The summed E-state index contributed by atoms with van der Waals surface area (Å²) in [5, 5.41) is 1.89. The quantitative estimate of drug-likeness (QED) is 0.452. The van der Waals surface area contributed by atoms with E-state index in [4.69, 9.17) is 25.8 Å². The number of rotatable bonds is 7. The Balaban J connectivity index is 2.99. The van der Waals surface area contributed by atoms with Gasteiger partial charge in [-0.05, 0) is 25.5 Å². The largest absolute Gasteiger partial charge is 0.496 e. The number of esters is 2. The number of ether oxygens (including phenoxy) is 3. The molecular formula is C21H22ClF4NO5. The third-order valence-corrected chi connectivity index (χ3v) is 5.10. The van der Waals surface area contributed by atoms with Crippen molar-refractivity contribution in [3.8, 4) is 5.75 Å². The Morgan fingerprint density at radius 1 is 1.16 bits per heavy atom. The second-order valence-corrected chi connectivity index (χ2v) is 7.19. The van der Waals surface area contributed by atoms with Gasteiger partial charge < -0.3 is 19.5 Å². The number of alkyl halides is 4. The lowest BCUT2D eigenvalue weighted by Gasteiger charge is -2.33. The van der Waals surface area contributed by atoms with Crippen LogP contribution >= 0.6 is 11.6 Å². The summed E-state index contributed by atoms with van der Waals surface area (Å²) < 4.78 is 71.2. The van der Waals surface area contributed by atoms with Crippen molar-refractivity contribution in [1.82, 2.24) is 5.32 Å². The SMILES string of the molecule is CCCOC(=O)C1=C(C)NC(CF)=C(C(=O)OC)C1c1c(OC)ccc(Cl)c1C(F)(F)F. The number of hydrogen-bond acceptors (Lipinski definition) is 6. The molecule has 1 heterocycles. The van der Waals surface area contributed by atoms with Crippen LogP contribution in [0.3, 0.4) is 0 Å². The normalized spacial score (nSPS) is 16.6. The van der Waals surface area contributed by atoms with Crippen LogP contribution < -0.4 is 10.1 Å². The summed E-state index contributed by atoms with van der Waals surface area (Å²) in [5.74, 6) is -4.12. The molecule has 0 aromatic heterocycles. The summed E-state index contributed by atoms with van der Waals surface area (Å²) in [7, 11) is 2.11. The molecule has 1 aliphatic heterocycles. The monoisotopic (exact) mass is 479 g/mol. The standard InChI is InChI=1S/C21H22ClF4NO5/c1-5-8-32-20(29)14-10(2)27-12(9-23)15(19(28)31-4)17(14)16-13(30-3)7-6-11(22)18(16)21(24,25)26/h6-7,17,27H,5,8-9H2,1-4H3. The Morgan fingerprint density at radius 3 is 2.31 bits per heavy atom. The van der Waals surface area contributed by atoms with Crippen molar-refractivity contribution in [1.29, 1.82) is 0 Å². The van der Waals surface area contributed by atoms with Crippen LogP contribution in [0.1, 0.15) is 37.3 Å². The van der Waals surface area contributed by atoms with Crippen molar-refractivity contribution in [2.45, 2.75) is 32.4 Å². The molecule has 0 aliphatic carbocycles. The summed E-state index contributed by atoms with van der Waals surface area (Å²) in [6.07, 6.45) is -4.55. The number of hydrogen-bond donors (Lipinski definition) is 1.